The number of ether oxygens (including phenoxy) is 2. The van der Waals surface area contributed by atoms with Crippen LogP contribution in [0.2, 0.25) is 0 Å². The highest BCUT2D eigenvalue weighted by Gasteiger charge is 2.57. The summed E-state index contributed by atoms with van der Waals surface area (Å²) < 4.78 is 12.0. The van der Waals surface area contributed by atoms with Gasteiger partial charge in [0.1, 0.15) is 0 Å². The van der Waals surface area contributed by atoms with Gasteiger partial charge in [0.2, 0.25) is 6.04 Å². The van der Waals surface area contributed by atoms with E-state index in [0.717, 1.165) is 23.3 Å². The van der Waals surface area contributed by atoms with Gasteiger partial charge in [-0.15, -0.1) is 11.8 Å². The van der Waals surface area contributed by atoms with Gasteiger partial charge in [-0.05, 0) is 44.2 Å². The molecule has 1 saturated carbocycles. The molecule has 1 unspecified atom stereocenters. The summed E-state index contributed by atoms with van der Waals surface area (Å²) in [5.74, 6) is -1.30. The summed E-state index contributed by atoms with van der Waals surface area (Å²) in [6.07, 6.45) is 1.35. The molecule has 1 aromatic carbocycles. The number of nitrogens with zero attached hydrogens (tertiary/aromatic N) is 1. The minimum absolute atomic E-state index is 0.0145. The largest absolute Gasteiger partial charge is 0.466 e. The third kappa shape index (κ3) is 6.47. The van der Waals surface area contributed by atoms with Gasteiger partial charge in [-0.25, -0.2) is 0 Å². The molecule has 7 heteroatoms. The van der Waals surface area contributed by atoms with Crippen LogP contribution in [0.15, 0.2) is 29.2 Å². The molecule has 180 valence electrons. The number of aryl methyl sites for hydroxylation is 1. The third-order valence-corrected chi connectivity index (χ3v) is 7.81. The van der Waals surface area contributed by atoms with Crippen LogP contribution in [0.5, 0.6) is 0 Å². The highest BCUT2D eigenvalue weighted by Crippen LogP contribution is 2.49. The number of esters is 1. The van der Waals surface area contributed by atoms with Crippen molar-refractivity contribution in [3.63, 3.8) is 0 Å². The minimum Gasteiger partial charge on any atom is -0.466 e. The van der Waals surface area contributed by atoms with Crippen molar-refractivity contribution in [1.82, 2.24) is 0 Å². The van der Waals surface area contributed by atoms with Crippen LogP contribution in [0.1, 0.15) is 66.4 Å². The third-order valence-electron chi connectivity index (χ3n) is 6.40. The van der Waals surface area contributed by atoms with Crippen LogP contribution in [0.25, 0.3) is 0 Å². The summed E-state index contributed by atoms with van der Waals surface area (Å²) in [5, 5.41) is 11.9. The van der Waals surface area contributed by atoms with Crippen molar-refractivity contribution in [2.24, 2.45) is 17.3 Å². The number of rotatable bonds is 9. The highest BCUT2D eigenvalue weighted by molar-refractivity contribution is 8.00. The molecule has 0 radical (unpaired) electrons. The summed E-state index contributed by atoms with van der Waals surface area (Å²) in [5.41, 5.74) is 0.797. The minimum atomic E-state index is -0.862. The average Bonchev–Trinajstić information content (AvgIpc) is 2.72. The first-order valence-corrected chi connectivity index (χ1v) is 12.6. The van der Waals surface area contributed by atoms with E-state index in [4.69, 9.17) is 9.47 Å². The monoisotopic (exact) mass is 465 g/mol. The Labute approximate surface area is 197 Å². The Morgan fingerprint density at radius 3 is 2.25 bits per heavy atom. The highest BCUT2D eigenvalue weighted by atomic mass is 32.2. The Hall–Kier alpha value is -1.60. The predicted molar refractivity (Wildman–Crippen MR) is 129 cm³/mol. The maximum atomic E-state index is 13.0. The van der Waals surface area contributed by atoms with Crippen LogP contribution in [0, 0.1) is 34.3 Å². The van der Waals surface area contributed by atoms with E-state index < -0.39 is 18.1 Å². The number of carbonyl (C=O) groups is 1. The summed E-state index contributed by atoms with van der Waals surface area (Å²) in [7, 11) is 0. The molecule has 0 amide bonds. The summed E-state index contributed by atoms with van der Waals surface area (Å²) in [4.78, 5) is 26.1. The second kappa shape index (κ2) is 11.5. The molecule has 0 heterocycles. The van der Waals surface area contributed by atoms with E-state index in [9.17, 15) is 14.9 Å². The average molecular weight is 466 g/mol. The number of hydrogen-bond donors (Lipinski definition) is 0. The number of nitro groups is 1. The van der Waals surface area contributed by atoms with Crippen molar-refractivity contribution in [3.05, 3.63) is 39.9 Å². The summed E-state index contributed by atoms with van der Waals surface area (Å²) >= 11 is 1.59. The van der Waals surface area contributed by atoms with Crippen molar-refractivity contribution < 1.29 is 19.2 Å². The van der Waals surface area contributed by atoms with E-state index in [-0.39, 0.29) is 46.6 Å². The Morgan fingerprint density at radius 2 is 1.78 bits per heavy atom. The maximum Gasteiger partial charge on any atom is 0.310 e. The molecule has 1 aliphatic rings. The van der Waals surface area contributed by atoms with Crippen LogP contribution >= 0.6 is 11.8 Å². The molecule has 2 rings (SSSR count). The normalized spacial score (nSPS) is 26.2. The first kappa shape index (κ1) is 26.7. The molecule has 32 heavy (non-hydrogen) atoms. The molecule has 6 nitrogen and oxygen atoms in total. The standard InChI is InChI=1S/C25H39NO5S/c1-8-17(9-2)31-22-21(25(5,6)7)20(26(28)29)15-19(24(27)30-10-3)23(22)32-18-13-11-16(4)12-14-18/h11-14,17,19-23H,8-10,15H2,1-7H3/t19?,20-,21+,22-,23+/m0/s1. The second-order valence-electron chi connectivity index (χ2n) is 9.77. The van der Waals surface area contributed by atoms with Crippen molar-refractivity contribution >= 4 is 17.7 Å². The van der Waals surface area contributed by atoms with Crippen LogP contribution in [-0.4, -0.2) is 41.0 Å². The molecule has 0 aromatic heterocycles. The zero-order valence-corrected chi connectivity index (χ0v) is 21.3. The fourth-order valence-electron chi connectivity index (χ4n) is 4.75. The van der Waals surface area contributed by atoms with Crippen LogP contribution in [0.4, 0.5) is 0 Å². The molecular formula is C25H39NO5S. The first-order chi connectivity index (χ1) is 15.0. The maximum absolute atomic E-state index is 13.0. The summed E-state index contributed by atoms with van der Waals surface area (Å²) in [6, 6.07) is 7.31. The molecule has 1 aliphatic carbocycles. The molecule has 0 bridgehead atoms. The van der Waals surface area contributed by atoms with Gasteiger partial charge in [0.05, 0.1) is 30.7 Å². The Morgan fingerprint density at radius 1 is 1.19 bits per heavy atom. The van der Waals surface area contributed by atoms with Gasteiger partial charge in [-0.2, -0.15) is 0 Å². The Bertz CT molecular complexity index is 757. The molecular weight excluding hydrogens is 426 g/mol. The molecule has 0 aliphatic heterocycles. The van der Waals surface area contributed by atoms with Crippen molar-refractivity contribution in [3.8, 4) is 0 Å². The Balaban J connectivity index is 2.59. The Kier molecular flexibility index (Phi) is 9.58. The lowest BCUT2D eigenvalue weighted by Crippen LogP contribution is -2.59. The number of hydrogen-bond acceptors (Lipinski definition) is 6. The zero-order valence-electron chi connectivity index (χ0n) is 20.5. The van der Waals surface area contributed by atoms with Gasteiger partial charge in [0.15, 0.2) is 0 Å². The van der Waals surface area contributed by atoms with Crippen LogP contribution in [0.3, 0.4) is 0 Å². The number of thioether (sulfide) groups is 1. The molecule has 0 N–H and O–H groups in total. The molecule has 0 saturated heterocycles. The van der Waals surface area contributed by atoms with Gasteiger partial charge in [0, 0.05) is 21.5 Å². The lowest BCUT2D eigenvalue weighted by atomic mass is 9.65. The lowest BCUT2D eigenvalue weighted by Gasteiger charge is -2.48. The smallest absolute Gasteiger partial charge is 0.310 e. The fraction of sp³-hybridized carbons (Fsp3) is 0.720. The van der Waals surface area contributed by atoms with Gasteiger partial charge in [0.25, 0.3) is 0 Å². The predicted octanol–water partition coefficient (Wildman–Crippen LogP) is 5.92. The zero-order chi connectivity index (χ0) is 24.1. The van der Waals surface area contributed by atoms with Crippen molar-refractivity contribution in [2.75, 3.05) is 6.61 Å². The lowest BCUT2D eigenvalue weighted by molar-refractivity contribution is -0.544. The van der Waals surface area contributed by atoms with E-state index in [1.807, 2.05) is 52.0 Å². The van der Waals surface area contributed by atoms with Gasteiger partial charge < -0.3 is 9.47 Å². The molecule has 0 spiro atoms. The van der Waals surface area contributed by atoms with Crippen molar-refractivity contribution in [2.45, 2.75) is 96.1 Å². The van der Waals surface area contributed by atoms with E-state index in [0.29, 0.717) is 0 Å². The first-order valence-electron chi connectivity index (χ1n) is 11.7. The molecule has 1 aromatic rings. The fourth-order valence-corrected chi connectivity index (χ4v) is 6.11. The van der Waals surface area contributed by atoms with Gasteiger partial charge in [-0.1, -0.05) is 52.3 Å². The van der Waals surface area contributed by atoms with Crippen LogP contribution in [-0.2, 0) is 14.3 Å². The molecule has 5 atom stereocenters. The quantitative estimate of drug-likeness (QED) is 0.256. The SMILES string of the molecule is CCOC(=O)C1C[C@H]([N+](=O)[O-])[C@@H](C(C)(C)C)[C@H](OC(CC)CC)[C@@H]1Sc1ccc(C)cc1. The summed E-state index contributed by atoms with van der Waals surface area (Å²) in [6.45, 7) is 14.3. The van der Waals surface area contributed by atoms with Gasteiger partial charge in [-0.3, -0.25) is 14.9 Å². The molecule has 1 fully saturated rings. The number of benzene rings is 1. The van der Waals surface area contributed by atoms with Crippen molar-refractivity contribution in [1.29, 1.82) is 0 Å². The van der Waals surface area contributed by atoms with Gasteiger partial charge >= 0.3 is 5.97 Å². The van der Waals surface area contributed by atoms with E-state index in [1.165, 1.54) is 0 Å². The van der Waals surface area contributed by atoms with E-state index in [2.05, 4.69) is 13.8 Å². The number of carbonyl (C=O) groups excluding carboxylic acids is 1. The van der Waals surface area contributed by atoms with Crippen LogP contribution < -0.4 is 0 Å². The second-order valence-corrected chi connectivity index (χ2v) is 11.0. The van der Waals surface area contributed by atoms with E-state index >= 15 is 0 Å². The topological polar surface area (TPSA) is 78.7 Å². The van der Waals surface area contributed by atoms with E-state index in [1.54, 1.807) is 18.7 Å².